The summed E-state index contributed by atoms with van der Waals surface area (Å²) in [7, 11) is 3.25. The molecule has 0 aliphatic carbocycles. The molecular weight excluding hydrogens is 282 g/mol. The predicted molar refractivity (Wildman–Crippen MR) is 86.5 cm³/mol. The van der Waals surface area contributed by atoms with Crippen molar-refractivity contribution in [2.75, 3.05) is 39.2 Å². The van der Waals surface area contributed by atoms with E-state index in [0.29, 0.717) is 18.8 Å². The van der Waals surface area contributed by atoms with E-state index in [-0.39, 0.29) is 12.3 Å². The smallest absolute Gasteiger partial charge is 0.161 e. The number of carbonyl (C=O) groups excluding carboxylic acids is 1. The van der Waals surface area contributed by atoms with Gasteiger partial charge in [-0.05, 0) is 31.2 Å². The number of nitrogens with one attached hydrogen (secondary N) is 2. The first-order chi connectivity index (χ1) is 10.6. The van der Waals surface area contributed by atoms with Crippen molar-refractivity contribution in [1.29, 1.82) is 0 Å². The summed E-state index contributed by atoms with van der Waals surface area (Å²) >= 11 is 0. The molecule has 1 aliphatic rings. The minimum absolute atomic E-state index is 0.0261. The molecule has 6 nitrogen and oxygen atoms in total. The number of carbonyl (C=O) groups is 1. The third-order valence-corrected chi connectivity index (χ3v) is 3.21. The summed E-state index contributed by atoms with van der Waals surface area (Å²) < 4.78 is 10.6. The van der Waals surface area contributed by atoms with Crippen molar-refractivity contribution >= 4 is 17.2 Å². The highest BCUT2D eigenvalue weighted by Crippen LogP contribution is 2.19. The number of rotatable bonds is 6. The van der Waals surface area contributed by atoms with E-state index in [4.69, 9.17) is 9.47 Å². The molecule has 0 fully saturated rings. The number of nitrogens with zero attached hydrogens (tertiary/aromatic N) is 1. The number of methoxy groups -OCH3 is 2. The van der Waals surface area contributed by atoms with E-state index in [2.05, 4.69) is 15.6 Å². The largest absolute Gasteiger partial charge is 0.497 e. The Morgan fingerprint density at radius 2 is 1.95 bits per heavy atom. The zero-order chi connectivity index (χ0) is 15.9. The number of ether oxygens (including phenoxy) is 2. The van der Waals surface area contributed by atoms with E-state index in [1.54, 1.807) is 14.2 Å². The molecule has 0 spiro atoms. The fourth-order valence-electron chi connectivity index (χ4n) is 2.17. The Labute approximate surface area is 130 Å². The van der Waals surface area contributed by atoms with Crippen molar-refractivity contribution in [3.63, 3.8) is 0 Å². The summed E-state index contributed by atoms with van der Waals surface area (Å²) in [6, 6.07) is 7.63. The van der Waals surface area contributed by atoms with Crippen LogP contribution in [0.2, 0.25) is 0 Å². The topological polar surface area (TPSA) is 71.9 Å². The van der Waals surface area contributed by atoms with Gasteiger partial charge >= 0.3 is 0 Å². The molecule has 0 atom stereocenters. The Bertz CT molecular complexity index is 591. The Kier molecular flexibility index (Phi) is 5.55. The molecule has 1 heterocycles. The highest BCUT2D eigenvalue weighted by atomic mass is 16.5. The second-order valence-corrected chi connectivity index (χ2v) is 4.93. The summed E-state index contributed by atoms with van der Waals surface area (Å²) in [4.78, 5) is 15.4. The van der Waals surface area contributed by atoms with Crippen molar-refractivity contribution < 1.29 is 14.3 Å². The van der Waals surface area contributed by atoms with E-state index in [1.807, 2.05) is 24.3 Å². The van der Waals surface area contributed by atoms with Crippen LogP contribution in [0.3, 0.4) is 0 Å². The van der Waals surface area contributed by atoms with E-state index >= 15 is 0 Å². The van der Waals surface area contributed by atoms with Crippen molar-refractivity contribution in [3.05, 3.63) is 35.7 Å². The van der Waals surface area contributed by atoms with Crippen molar-refractivity contribution in [3.8, 4) is 5.75 Å². The number of hydrogen-bond donors (Lipinski definition) is 2. The van der Waals surface area contributed by atoms with Gasteiger partial charge in [-0.2, -0.15) is 0 Å². The Balaban J connectivity index is 2.21. The molecule has 0 aromatic heterocycles. The fraction of sp³-hybridized carbons (Fsp3) is 0.375. The van der Waals surface area contributed by atoms with Gasteiger partial charge in [0.25, 0.3) is 0 Å². The monoisotopic (exact) mass is 303 g/mol. The van der Waals surface area contributed by atoms with Gasteiger partial charge in [0.1, 0.15) is 5.75 Å². The van der Waals surface area contributed by atoms with Crippen LogP contribution in [-0.4, -0.2) is 45.3 Å². The molecular formula is C16H21N3O3. The van der Waals surface area contributed by atoms with Crippen LogP contribution in [-0.2, 0) is 9.53 Å². The van der Waals surface area contributed by atoms with Crippen molar-refractivity contribution in [2.45, 2.75) is 6.92 Å². The number of Topliss-reactive ketones (excluding diaryl/α,β-unsaturated/α-hetero) is 1. The van der Waals surface area contributed by atoms with Crippen LogP contribution in [0.15, 0.2) is 40.7 Å². The summed E-state index contributed by atoms with van der Waals surface area (Å²) in [5, 5.41) is 6.57. The number of anilines is 1. The van der Waals surface area contributed by atoms with Crippen LogP contribution < -0.4 is 15.4 Å². The highest BCUT2D eigenvalue weighted by molar-refractivity contribution is 6.02. The van der Waals surface area contributed by atoms with E-state index < -0.39 is 0 Å². The number of ketones is 1. The molecule has 0 unspecified atom stereocenters. The van der Waals surface area contributed by atoms with Gasteiger partial charge in [0, 0.05) is 18.8 Å². The lowest BCUT2D eigenvalue weighted by Crippen LogP contribution is -2.36. The standard InChI is InChI=1S/C16H21N3O3/c1-11(20)8-18-14-9-17-10-15(16(14)22-3)19-12-4-6-13(21-2)7-5-12/h4-7,17,19H,8-10H2,1-3H3. The van der Waals surface area contributed by atoms with Gasteiger partial charge in [-0.25, -0.2) is 0 Å². The fourth-order valence-corrected chi connectivity index (χ4v) is 2.17. The van der Waals surface area contributed by atoms with Crippen molar-refractivity contribution in [2.24, 2.45) is 4.99 Å². The maximum Gasteiger partial charge on any atom is 0.161 e. The molecule has 22 heavy (non-hydrogen) atoms. The van der Waals surface area contributed by atoms with Gasteiger partial charge < -0.3 is 20.1 Å². The number of benzene rings is 1. The van der Waals surface area contributed by atoms with E-state index in [0.717, 1.165) is 22.8 Å². The maximum atomic E-state index is 11.1. The molecule has 118 valence electrons. The molecule has 1 aliphatic heterocycles. The molecule has 1 aromatic carbocycles. The quantitative estimate of drug-likeness (QED) is 0.835. The highest BCUT2D eigenvalue weighted by Gasteiger charge is 2.19. The number of aliphatic imine (C=N–C) groups is 1. The van der Waals surface area contributed by atoms with Crippen LogP contribution in [0.4, 0.5) is 5.69 Å². The molecule has 2 rings (SSSR count). The zero-order valence-corrected chi connectivity index (χ0v) is 13.1. The van der Waals surface area contributed by atoms with Gasteiger partial charge in [-0.1, -0.05) is 0 Å². The molecule has 1 aromatic rings. The van der Waals surface area contributed by atoms with Crippen LogP contribution in [0, 0.1) is 0 Å². The first-order valence-corrected chi connectivity index (χ1v) is 7.06. The first-order valence-electron chi connectivity index (χ1n) is 7.06. The average Bonchev–Trinajstić information content (AvgIpc) is 2.53. The van der Waals surface area contributed by atoms with E-state index in [1.165, 1.54) is 6.92 Å². The first kappa shape index (κ1) is 16.0. The second-order valence-electron chi connectivity index (χ2n) is 4.93. The molecule has 0 saturated carbocycles. The average molecular weight is 303 g/mol. The molecule has 6 heteroatoms. The van der Waals surface area contributed by atoms with Gasteiger partial charge in [-0.3, -0.25) is 9.79 Å². The van der Waals surface area contributed by atoms with Crippen molar-refractivity contribution in [1.82, 2.24) is 5.32 Å². The normalized spacial score (nSPS) is 16.6. The molecule has 0 radical (unpaired) electrons. The Morgan fingerprint density at radius 1 is 1.23 bits per heavy atom. The van der Waals surface area contributed by atoms with Gasteiger partial charge in [0.15, 0.2) is 11.5 Å². The van der Waals surface area contributed by atoms with Gasteiger partial charge in [0.05, 0.1) is 32.2 Å². The Morgan fingerprint density at radius 3 is 2.55 bits per heavy atom. The van der Waals surface area contributed by atoms with Gasteiger partial charge in [0.2, 0.25) is 0 Å². The van der Waals surface area contributed by atoms with Crippen LogP contribution >= 0.6 is 0 Å². The summed E-state index contributed by atoms with van der Waals surface area (Å²) in [5.74, 6) is 1.52. The van der Waals surface area contributed by atoms with Crippen LogP contribution in [0.1, 0.15) is 6.92 Å². The lowest BCUT2D eigenvalue weighted by molar-refractivity contribution is -0.115. The Hall–Kier alpha value is -2.34. The predicted octanol–water partition coefficient (Wildman–Crippen LogP) is 1.60. The minimum atomic E-state index is 0.0261. The van der Waals surface area contributed by atoms with E-state index in [9.17, 15) is 4.79 Å². The third kappa shape index (κ3) is 4.08. The summed E-state index contributed by atoms with van der Waals surface area (Å²) in [6.45, 7) is 2.92. The maximum absolute atomic E-state index is 11.1. The SMILES string of the molecule is COC1=C(Nc2ccc(OC)cc2)CNCC1=NCC(C)=O. The zero-order valence-electron chi connectivity index (χ0n) is 13.1. The lowest BCUT2D eigenvalue weighted by Gasteiger charge is -2.23. The number of hydrogen-bond acceptors (Lipinski definition) is 6. The third-order valence-electron chi connectivity index (χ3n) is 3.21. The molecule has 0 bridgehead atoms. The second kappa shape index (κ2) is 7.61. The summed E-state index contributed by atoms with van der Waals surface area (Å²) in [5.41, 5.74) is 2.57. The van der Waals surface area contributed by atoms with Crippen LogP contribution in [0.25, 0.3) is 0 Å². The molecule has 0 amide bonds. The minimum Gasteiger partial charge on any atom is -0.497 e. The molecule has 0 saturated heterocycles. The van der Waals surface area contributed by atoms with Crippen LogP contribution in [0.5, 0.6) is 5.75 Å². The molecule has 2 N–H and O–H groups in total. The van der Waals surface area contributed by atoms with Gasteiger partial charge in [-0.15, -0.1) is 0 Å². The summed E-state index contributed by atoms with van der Waals surface area (Å²) in [6.07, 6.45) is 0. The lowest BCUT2D eigenvalue weighted by atomic mass is 10.1.